The highest BCUT2D eigenvalue weighted by atomic mass is 16.3. The van der Waals surface area contributed by atoms with Crippen LogP contribution in [0.1, 0.15) is 51.4 Å². The van der Waals surface area contributed by atoms with Gasteiger partial charge in [-0.1, -0.05) is 30.9 Å². The molecule has 2 N–H and O–H groups in total. The molecule has 2 fully saturated rings. The Balaban J connectivity index is 1.31. The van der Waals surface area contributed by atoms with E-state index in [9.17, 15) is 19.2 Å². The van der Waals surface area contributed by atoms with Gasteiger partial charge in [-0.15, -0.1) is 6.42 Å². The Labute approximate surface area is 195 Å². The quantitative estimate of drug-likeness (QED) is 0.176. The molecule has 0 aromatic carbocycles. The summed E-state index contributed by atoms with van der Waals surface area (Å²) in [6.07, 6.45) is 14.5. The molecule has 0 spiro atoms. The van der Waals surface area contributed by atoms with Crippen LogP contribution in [0.15, 0.2) is 12.2 Å². The van der Waals surface area contributed by atoms with Crippen LogP contribution in [-0.2, 0) is 19.2 Å². The van der Waals surface area contributed by atoms with E-state index in [4.69, 9.17) is 11.5 Å². The van der Waals surface area contributed by atoms with E-state index < -0.39 is 0 Å². The number of hydrogen-bond acceptors (Lipinski definition) is 5. The number of likely N-dealkylation sites (tertiary alicyclic amines) is 1. The lowest BCUT2D eigenvalue weighted by Gasteiger charge is -2.20. The highest BCUT2D eigenvalue weighted by molar-refractivity contribution is 6.06. The summed E-state index contributed by atoms with van der Waals surface area (Å²) in [4.78, 5) is 52.6. The maximum Gasteiger partial charge on any atom is 0.233 e. The molecule has 2 unspecified atom stereocenters. The summed E-state index contributed by atoms with van der Waals surface area (Å²) in [6, 6.07) is 0. The third kappa shape index (κ3) is 6.02. The highest BCUT2D eigenvalue weighted by Crippen LogP contribution is 2.52. The van der Waals surface area contributed by atoms with E-state index in [1.807, 2.05) is 0 Å². The number of fused-ring (bicyclic) bond motifs is 5. The number of carbonyl (C=O) groups is 4. The zero-order valence-corrected chi connectivity index (χ0v) is 19.2. The van der Waals surface area contributed by atoms with Crippen LogP contribution in [-0.4, -0.2) is 71.3 Å². The van der Waals surface area contributed by atoms with E-state index in [0.29, 0.717) is 26.1 Å². The van der Waals surface area contributed by atoms with Gasteiger partial charge in [0.05, 0.1) is 18.4 Å². The highest BCUT2D eigenvalue weighted by Gasteiger charge is 2.58. The SMILES string of the molecule is C#CCN(CCCCCCN1C(=O)[C@@H]2C3C=CC(C3)[C@@H]2C1=O)C(=O)CCC(=O)NCCCO. The van der Waals surface area contributed by atoms with Gasteiger partial charge in [-0.2, -0.15) is 0 Å². The van der Waals surface area contributed by atoms with Gasteiger partial charge in [0.25, 0.3) is 0 Å². The largest absolute Gasteiger partial charge is 0.396 e. The summed E-state index contributed by atoms with van der Waals surface area (Å²) in [7, 11) is 0. The number of hydrogen-bond donors (Lipinski definition) is 2. The molecule has 8 heteroatoms. The van der Waals surface area contributed by atoms with Crippen molar-refractivity contribution in [1.82, 2.24) is 15.1 Å². The summed E-state index contributed by atoms with van der Waals surface area (Å²) >= 11 is 0. The fourth-order valence-corrected chi connectivity index (χ4v) is 5.29. The number of unbranched alkanes of at least 4 members (excludes halogenated alkanes) is 3. The molecule has 4 atom stereocenters. The Morgan fingerprint density at radius 2 is 1.73 bits per heavy atom. The van der Waals surface area contributed by atoms with Crippen molar-refractivity contribution in [3.63, 3.8) is 0 Å². The Hall–Kier alpha value is -2.66. The summed E-state index contributed by atoms with van der Waals surface area (Å²) in [6.45, 7) is 1.62. The van der Waals surface area contributed by atoms with Crippen LogP contribution in [0.2, 0.25) is 0 Å². The third-order valence-corrected chi connectivity index (χ3v) is 6.98. The second kappa shape index (κ2) is 12.0. The van der Waals surface area contributed by atoms with E-state index in [2.05, 4.69) is 23.4 Å². The number of amides is 4. The Morgan fingerprint density at radius 1 is 1.06 bits per heavy atom. The third-order valence-electron chi connectivity index (χ3n) is 6.98. The first-order valence-electron chi connectivity index (χ1n) is 12.1. The molecule has 8 nitrogen and oxygen atoms in total. The molecule has 2 aliphatic carbocycles. The van der Waals surface area contributed by atoms with Crippen LogP contribution < -0.4 is 5.32 Å². The molecule has 0 radical (unpaired) electrons. The maximum atomic E-state index is 12.7. The Bertz CT molecular complexity index is 787. The molecular formula is C25H35N3O5. The molecule has 4 amide bonds. The Morgan fingerprint density at radius 3 is 2.36 bits per heavy atom. The van der Waals surface area contributed by atoms with Crippen molar-refractivity contribution in [3.05, 3.63) is 12.2 Å². The molecule has 1 aliphatic heterocycles. The van der Waals surface area contributed by atoms with Crippen molar-refractivity contribution in [1.29, 1.82) is 0 Å². The molecule has 1 heterocycles. The number of aliphatic hydroxyl groups is 1. The van der Waals surface area contributed by atoms with Gasteiger partial charge >= 0.3 is 0 Å². The second-order valence-corrected chi connectivity index (χ2v) is 9.19. The zero-order valence-electron chi connectivity index (χ0n) is 19.2. The number of imide groups is 1. The van der Waals surface area contributed by atoms with Gasteiger partial charge in [0.1, 0.15) is 0 Å². The van der Waals surface area contributed by atoms with E-state index in [1.165, 1.54) is 4.90 Å². The first-order valence-corrected chi connectivity index (χ1v) is 12.1. The van der Waals surface area contributed by atoms with Gasteiger partial charge in [-0.05, 0) is 37.5 Å². The van der Waals surface area contributed by atoms with Crippen LogP contribution in [0, 0.1) is 36.0 Å². The topological polar surface area (TPSA) is 107 Å². The standard InChI is InChI=1S/C25H35N3O5/c1-2-13-27(21(31)11-10-20(30)26-12-7-16-29)14-5-3-4-6-15-28-24(32)22-18-8-9-19(17-18)23(22)25(28)33/h1,8-9,18-19,22-23,29H,3-7,10-17H2,(H,26,30)/t18?,19?,22-,23+. The smallest absolute Gasteiger partial charge is 0.233 e. The molecule has 33 heavy (non-hydrogen) atoms. The minimum absolute atomic E-state index is 0.00744. The van der Waals surface area contributed by atoms with Crippen LogP contribution in [0.5, 0.6) is 0 Å². The summed E-state index contributed by atoms with van der Waals surface area (Å²) in [5, 5.41) is 11.4. The van der Waals surface area contributed by atoms with Gasteiger partial charge in [0, 0.05) is 39.1 Å². The minimum Gasteiger partial charge on any atom is -0.396 e. The van der Waals surface area contributed by atoms with Gasteiger partial charge < -0.3 is 15.3 Å². The van der Waals surface area contributed by atoms with Crippen molar-refractivity contribution in [2.45, 2.75) is 51.4 Å². The van der Waals surface area contributed by atoms with Gasteiger partial charge in [0.15, 0.2) is 0 Å². The van der Waals surface area contributed by atoms with E-state index >= 15 is 0 Å². The minimum atomic E-state index is -0.212. The number of allylic oxidation sites excluding steroid dienone is 2. The zero-order chi connectivity index (χ0) is 23.8. The number of nitrogens with one attached hydrogen (secondary N) is 1. The van der Waals surface area contributed by atoms with Crippen LogP contribution in [0.3, 0.4) is 0 Å². The van der Waals surface area contributed by atoms with Crippen molar-refractivity contribution < 1.29 is 24.3 Å². The molecular weight excluding hydrogens is 422 g/mol. The second-order valence-electron chi connectivity index (χ2n) is 9.19. The summed E-state index contributed by atoms with van der Waals surface area (Å²) in [5.74, 6) is 2.38. The van der Waals surface area contributed by atoms with Crippen molar-refractivity contribution in [2.24, 2.45) is 23.7 Å². The lowest BCUT2D eigenvalue weighted by Crippen LogP contribution is -2.34. The summed E-state index contributed by atoms with van der Waals surface area (Å²) in [5.41, 5.74) is 0. The molecule has 0 aromatic heterocycles. The lowest BCUT2D eigenvalue weighted by molar-refractivity contribution is -0.140. The molecule has 0 aromatic rings. The monoisotopic (exact) mass is 457 g/mol. The maximum absolute atomic E-state index is 12.7. The molecule has 2 bridgehead atoms. The number of nitrogens with zero attached hydrogens (tertiary/aromatic N) is 2. The molecule has 1 saturated heterocycles. The average Bonchev–Trinajstić information content (AvgIpc) is 3.48. The van der Waals surface area contributed by atoms with Gasteiger partial charge in [-0.25, -0.2) is 0 Å². The molecule has 3 aliphatic rings. The van der Waals surface area contributed by atoms with E-state index in [0.717, 1.165) is 32.1 Å². The fraction of sp³-hybridized carbons (Fsp3) is 0.680. The van der Waals surface area contributed by atoms with Crippen LogP contribution in [0.4, 0.5) is 0 Å². The fourth-order valence-electron chi connectivity index (χ4n) is 5.29. The van der Waals surface area contributed by atoms with E-state index in [1.54, 1.807) is 4.90 Å². The average molecular weight is 458 g/mol. The first kappa shape index (κ1) is 25.0. The predicted octanol–water partition coefficient (Wildman–Crippen LogP) is 1.09. The molecule has 1 saturated carbocycles. The first-order chi connectivity index (χ1) is 16.0. The number of terminal acetylenes is 1. The lowest BCUT2D eigenvalue weighted by atomic mass is 9.85. The number of aliphatic hydroxyl groups excluding tert-OH is 1. The molecule has 180 valence electrons. The predicted molar refractivity (Wildman–Crippen MR) is 122 cm³/mol. The van der Waals surface area contributed by atoms with E-state index in [-0.39, 0.29) is 73.3 Å². The van der Waals surface area contributed by atoms with Crippen LogP contribution >= 0.6 is 0 Å². The Kier molecular flexibility index (Phi) is 9.07. The molecule has 3 rings (SSSR count). The normalized spacial score (nSPS) is 24.8. The van der Waals surface area contributed by atoms with Crippen LogP contribution in [0.25, 0.3) is 0 Å². The van der Waals surface area contributed by atoms with Gasteiger partial charge in [-0.3, -0.25) is 24.1 Å². The number of carbonyl (C=O) groups excluding carboxylic acids is 4. The van der Waals surface area contributed by atoms with Crippen molar-refractivity contribution in [2.75, 3.05) is 32.8 Å². The van der Waals surface area contributed by atoms with Crippen molar-refractivity contribution >= 4 is 23.6 Å². The summed E-state index contributed by atoms with van der Waals surface area (Å²) < 4.78 is 0. The number of rotatable bonds is 14. The van der Waals surface area contributed by atoms with Crippen molar-refractivity contribution in [3.8, 4) is 12.3 Å². The van der Waals surface area contributed by atoms with Gasteiger partial charge in [0.2, 0.25) is 23.6 Å².